The Morgan fingerprint density at radius 2 is 2.21 bits per heavy atom. The lowest BCUT2D eigenvalue weighted by molar-refractivity contribution is -0.125. The number of hydrogen-bond donors (Lipinski definition) is 3. The number of sulfonamides is 1. The predicted octanol–water partition coefficient (Wildman–Crippen LogP) is -0.664. The fourth-order valence-corrected chi connectivity index (χ4v) is 2.48. The van der Waals surface area contributed by atoms with Crippen molar-refractivity contribution in [1.82, 2.24) is 4.72 Å². The third kappa shape index (κ3) is 3.90. The van der Waals surface area contributed by atoms with Crippen molar-refractivity contribution in [1.29, 1.82) is 5.26 Å². The molecule has 0 spiro atoms. The van der Waals surface area contributed by atoms with Gasteiger partial charge in [0.15, 0.2) is 0 Å². The van der Waals surface area contributed by atoms with Gasteiger partial charge >= 0.3 is 0 Å². The molecule has 0 saturated heterocycles. The first-order chi connectivity index (χ1) is 8.77. The number of nitrogens with zero attached hydrogens (tertiary/aromatic N) is 1. The Hall–Kier alpha value is -1.66. The number of carbonyl (C=O) groups excluding carboxylic acids is 1. The molecule has 0 saturated carbocycles. The monoisotopic (exact) mass is 303 g/mol. The van der Waals surface area contributed by atoms with Gasteiger partial charge in [-0.05, 0) is 18.2 Å². The highest BCUT2D eigenvalue weighted by Crippen LogP contribution is 2.19. The fourth-order valence-electron chi connectivity index (χ4n) is 1.13. The number of benzene rings is 1. The molecule has 1 rings (SSSR count). The number of primary amides is 1. The summed E-state index contributed by atoms with van der Waals surface area (Å²) in [5, 5.41) is 17.8. The van der Waals surface area contributed by atoms with E-state index in [4.69, 9.17) is 27.7 Å². The van der Waals surface area contributed by atoms with Crippen LogP contribution in [0.3, 0.4) is 0 Å². The zero-order valence-corrected chi connectivity index (χ0v) is 11.1. The second-order valence-corrected chi connectivity index (χ2v) is 5.70. The Kier molecular flexibility index (Phi) is 4.85. The highest BCUT2D eigenvalue weighted by atomic mass is 35.5. The lowest BCUT2D eigenvalue weighted by Gasteiger charge is -2.09. The molecule has 0 fully saturated rings. The number of aliphatic hydroxyl groups excluding tert-OH is 1. The minimum atomic E-state index is -3.95. The average molecular weight is 304 g/mol. The van der Waals surface area contributed by atoms with E-state index in [1.165, 1.54) is 12.1 Å². The Morgan fingerprint density at radius 1 is 1.58 bits per heavy atom. The lowest BCUT2D eigenvalue weighted by atomic mass is 10.2. The highest BCUT2D eigenvalue weighted by molar-refractivity contribution is 7.89. The maximum absolute atomic E-state index is 11.8. The fraction of sp³-hybridized carbons (Fsp3) is 0.200. The van der Waals surface area contributed by atoms with Crippen molar-refractivity contribution in [2.24, 2.45) is 5.73 Å². The highest BCUT2D eigenvalue weighted by Gasteiger charge is 2.19. The van der Waals surface area contributed by atoms with Crippen LogP contribution in [0.25, 0.3) is 0 Å². The molecule has 0 bridgehead atoms. The molecule has 1 aromatic rings. The number of aliphatic hydroxyl groups is 1. The van der Waals surface area contributed by atoms with Crippen LogP contribution in [0.15, 0.2) is 23.1 Å². The van der Waals surface area contributed by atoms with Crippen LogP contribution in [0.5, 0.6) is 0 Å². The quantitative estimate of drug-likeness (QED) is 0.663. The van der Waals surface area contributed by atoms with Crippen LogP contribution >= 0.6 is 11.6 Å². The summed E-state index contributed by atoms with van der Waals surface area (Å²) in [6, 6.07) is 5.32. The van der Waals surface area contributed by atoms with E-state index in [1.54, 1.807) is 6.07 Å². The summed E-state index contributed by atoms with van der Waals surface area (Å²) in [5.74, 6) is -1.04. The van der Waals surface area contributed by atoms with Crippen molar-refractivity contribution in [3.8, 4) is 6.07 Å². The molecule has 1 amide bonds. The summed E-state index contributed by atoms with van der Waals surface area (Å²) in [4.78, 5) is 10.4. The SMILES string of the molecule is N#Cc1ccc(S(=O)(=O)NCC(O)C(N)=O)cc1Cl. The first-order valence-corrected chi connectivity index (χ1v) is 6.80. The van der Waals surface area contributed by atoms with Gasteiger partial charge in [-0.3, -0.25) is 4.79 Å². The summed E-state index contributed by atoms with van der Waals surface area (Å²) < 4.78 is 25.6. The Balaban J connectivity index is 2.93. The molecule has 7 nitrogen and oxygen atoms in total. The summed E-state index contributed by atoms with van der Waals surface area (Å²) in [7, 11) is -3.95. The topological polar surface area (TPSA) is 133 Å². The summed E-state index contributed by atoms with van der Waals surface area (Å²) in [6.07, 6.45) is -1.62. The van der Waals surface area contributed by atoms with Gasteiger partial charge in [0.1, 0.15) is 12.2 Å². The van der Waals surface area contributed by atoms with Crippen LogP contribution in [0.2, 0.25) is 5.02 Å². The molecule has 0 aliphatic carbocycles. The van der Waals surface area contributed by atoms with E-state index in [9.17, 15) is 13.2 Å². The molecular weight excluding hydrogens is 294 g/mol. The molecule has 0 radical (unpaired) electrons. The first kappa shape index (κ1) is 15.4. The van der Waals surface area contributed by atoms with Gasteiger partial charge < -0.3 is 10.8 Å². The van der Waals surface area contributed by atoms with Gasteiger partial charge in [-0.15, -0.1) is 0 Å². The molecule has 1 aromatic carbocycles. The summed E-state index contributed by atoms with van der Waals surface area (Å²) >= 11 is 5.71. The Labute approximate surface area is 114 Å². The van der Waals surface area contributed by atoms with Gasteiger partial charge in [-0.2, -0.15) is 5.26 Å². The van der Waals surface area contributed by atoms with Crippen LogP contribution < -0.4 is 10.5 Å². The van der Waals surface area contributed by atoms with E-state index in [-0.39, 0.29) is 15.5 Å². The Bertz CT molecular complexity index is 639. The molecule has 0 aliphatic rings. The maximum Gasteiger partial charge on any atom is 0.247 e. The van der Waals surface area contributed by atoms with Crippen LogP contribution in [0.4, 0.5) is 0 Å². The molecule has 1 unspecified atom stereocenters. The zero-order valence-electron chi connectivity index (χ0n) is 9.50. The molecule has 102 valence electrons. The predicted molar refractivity (Wildman–Crippen MR) is 66.6 cm³/mol. The van der Waals surface area contributed by atoms with E-state index in [1.807, 2.05) is 4.72 Å². The zero-order chi connectivity index (χ0) is 14.6. The van der Waals surface area contributed by atoms with Gasteiger partial charge in [-0.25, -0.2) is 13.1 Å². The molecule has 1 atom stereocenters. The van der Waals surface area contributed by atoms with Gasteiger partial charge in [0.25, 0.3) is 0 Å². The van der Waals surface area contributed by atoms with Crippen LogP contribution in [-0.2, 0) is 14.8 Å². The van der Waals surface area contributed by atoms with Gasteiger partial charge in [-0.1, -0.05) is 11.6 Å². The number of nitriles is 1. The van der Waals surface area contributed by atoms with Gasteiger partial charge in [0.05, 0.1) is 15.5 Å². The molecule has 0 heterocycles. The van der Waals surface area contributed by atoms with E-state index in [0.29, 0.717) is 0 Å². The van der Waals surface area contributed by atoms with Crippen molar-refractivity contribution < 1.29 is 18.3 Å². The van der Waals surface area contributed by atoms with Crippen molar-refractivity contribution in [2.45, 2.75) is 11.0 Å². The first-order valence-electron chi connectivity index (χ1n) is 4.94. The normalized spacial score (nSPS) is 12.7. The second-order valence-electron chi connectivity index (χ2n) is 3.52. The second kappa shape index (κ2) is 5.99. The standard InChI is InChI=1S/C10H10ClN3O4S/c11-8-3-7(2-1-6(8)4-12)19(17,18)14-5-9(15)10(13)16/h1-3,9,14-15H,5H2,(H2,13,16). The average Bonchev–Trinajstić information content (AvgIpc) is 2.35. The molecule has 9 heteroatoms. The van der Waals surface area contributed by atoms with Crippen LogP contribution in [0.1, 0.15) is 5.56 Å². The van der Waals surface area contributed by atoms with E-state index in [0.717, 1.165) is 6.07 Å². The summed E-state index contributed by atoms with van der Waals surface area (Å²) in [6.45, 7) is -0.546. The number of nitrogens with one attached hydrogen (secondary N) is 1. The van der Waals surface area contributed by atoms with Crippen molar-refractivity contribution in [3.63, 3.8) is 0 Å². The lowest BCUT2D eigenvalue weighted by Crippen LogP contribution is -2.39. The van der Waals surface area contributed by atoms with Crippen molar-refractivity contribution in [3.05, 3.63) is 28.8 Å². The van der Waals surface area contributed by atoms with Crippen molar-refractivity contribution in [2.75, 3.05) is 6.54 Å². The van der Waals surface area contributed by atoms with E-state index < -0.39 is 28.6 Å². The molecule has 0 aliphatic heterocycles. The Morgan fingerprint density at radius 3 is 2.68 bits per heavy atom. The van der Waals surface area contributed by atoms with Gasteiger partial charge in [0, 0.05) is 6.54 Å². The number of amides is 1. The molecule has 19 heavy (non-hydrogen) atoms. The number of rotatable bonds is 5. The molecule has 4 N–H and O–H groups in total. The summed E-state index contributed by atoms with van der Waals surface area (Å²) in [5.41, 5.74) is 4.92. The number of carbonyl (C=O) groups is 1. The minimum Gasteiger partial charge on any atom is -0.382 e. The van der Waals surface area contributed by atoms with Crippen LogP contribution in [0, 0.1) is 11.3 Å². The smallest absolute Gasteiger partial charge is 0.247 e. The third-order valence-electron chi connectivity index (χ3n) is 2.17. The molecule has 0 aromatic heterocycles. The number of halogens is 1. The van der Waals surface area contributed by atoms with Crippen LogP contribution in [-0.4, -0.2) is 32.1 Å². The van der Waals surface area contributed by atoms with E-state index in [2.05, 4.69) is 0 Å². The number of nitrogens with two attached hydrogens (primary N) is 1. The minimum absolute atomic E-state index is 0.0131. The van der Waals surface area contributed by atoms with E-state index >= 15 is 0 Å². The third-order valence-corrected chi connectivity index (χ3v) is 3.90. The van der Waals surface area contributed by atoms with Crippen molar-refractivity contribution >= 4 is 27.5 Å². The maximum atomic E-state index is 11.8. The number of hydrogen-bond acceptors (Lipinski definition) is 5. The van der Waals surface area contributed by atoms with Gasteiger partial charge in [0.2, 0.25) is 15.9 Å². The largest absolute Gasteiger partial charge is 0.382 e. The molecular formula is C10H10ClN3O4S.